The Morgan fingerprint density at radius 3 is 2.58 bits per heavy atom. The van der Waals surface area contributed by atoms with Crippen LogP contribution < -0.4 is 0 Å². The molecule has 136 valence electrons. The molecule has 0 N–H and O–H groups in total. The first-order chi connectivity index (χ1) is 12.7. The first-order valence-corrected chi connectivity index (χ1v) is 10.9. The predicted molar refractivity (Wildman–Crippen MR) is 112 cm³/mol. The molecule has 0 saturated heterocycles. The average molecular weight is 365 g/mol. The van der Waals surface area contributed by atoms with Gasteiger partial charge in [0.1, 0.15) is 5.82 Å². The third kappa shape index (κ3) is 3.68. The van der Waals surface area contributed by atoms with E-state index in [0.717, 1.165) is 12.1 Å². The number of benzene rings is 2. The average Bonchev–Trinajstić information content (AvgIpc) is 3.30. The van der Waals surface area contributed by atoms with Crippen LogP contribution in [0.3, 0.4) is 0 Å². The number of thioether (sulfide) groups is 1. The molecule has 0 aliphatic heterocycles. The number of hydrogen-bond donors (Lipinski definition) is 0. The van der Waals surface area contributed by atoms with Gasteiger partial charge < -0.3 is 4.57 Å². The summed E-state index contributed by atoms with van der Waals surface area (Å²) in [5, 5.41) is 0. The van der Waals surface area contributed by atoms with E-state index in [1.807, 2.05) is 11.8 Å². The number of rotatable bonds is 6. The van der Waals surface area contributed by atoms with Crippen molar-refractivity contribution in [2.75, 3.05) is 5.75 Å². The molecule has 1 aliphatic rings. The Hall–Kier alpha value is -1.74. The van der Waals surface area contributed by atoms with Crippen molar-refractivity contribution < 1.29 is 0 Å². The Bertz CT molecular complexity index is 873. The number of hydrogen-bond acceptors (Lipinski definition) is 2. The lowest BCUT2D eigenvalue weighted by Crippen LogP contribution is -2.08. The molecule has 3 heteroatoms. The zero-order chi connectivity index (χ0) is 17.9. The first kappa shape index (κ1) is 17.7. The van der Waals surface area contributed by atoms with Crippen LogP contribution in [0.4, 0.5) is 0 Å². The highest BCUT2D eigenvalue weighted by Crippen LogP contribution is 2.36. The molecule has 0 unspecified atom stereocenters. The van der Waals surface area contributed by atoms with Crippen LogP contribution >= 0.6 is 11.8 Å². The van der Waals surface area contributed by atoms with Gasteiger partial charge in [-0.3, -0.25) is 0 Å². The Kier molecular flexibility index (Phi) is 5.35. The fourth-order valence-corrected chi connectivity index (χ4v) is 4.77. The fraction of sp³-hybridized carbons (Fsp3) is 0.435. The second kappa shape index (κ2) is 7.87. The zero-order valence-corrected chi connectivity index (χ0v) is 16.7. The van der Waals surface area contributed by atoms with Gasteiger partial charge in [0, 0.05) is 17.4 Å². The maximum Gasteiger partial charge on any atom is 0.113 e. The number of imidazole rings is 1. The van der Waals surface area contributed by atoms with Crippen molar-refractivity contribution in [3.05, 3.63) is 59.4 Å². The molecule has 0 bridgehead atoms. The van der Waals surface area contributed by atoms with Gasteiger partial charge in [0.25, 0.3) is 0 Å². The summed E-state index contributed by atoms with van der Waals surface area (Å²) >= 11 is 1.95. The first-order valence-electron chi connectivity index (χ1n) is 9.93. The van der Waals surface area contributed by atoms with Crippen LogP contribution in [0.1, 0.15) is 61.9 Å². The monoisotopic (exact) mass is 364 g/mol. The molecule has 1 aromatic heterocycles. The minimum atomic E-state index is 0.625. The number of nitrogens with zero attached hydrogens (tertiary/aromatic N) is 2. The van der Waals surface area contributed by atoms with Crippen LogP contribution in [-0.2, 0) is 6.54 Å². The van der Waals surface area contributed by atoms with Gasteiger partial charge >= 0.3 is 0 Å². The molecule has 0 radical (unpaired) electrons. The highest BCUT2D eigenvalue weighted by Gasteiger charge is 2.24. The molecule has 1 aliphatic carbocycles. The van der Waals surface area contributed by atoms with E-state index in [9.17, 15) is 0 Å². The molecule has 3 aromatic rings. The van der Waals surface area contributed by atoms with E-state index < -0.39 is 0 Å². The van der Waals surface area contributed by atoms with Crippen LogP contribution in [-0.4, -0.2) is 15.3 Å². The molecule has 1 saturated carbocycles. The lowest BCUT2D eigenvalue weighted by Gasteiger charge is -2.14. The van der Waals surface area contributed by atoms with E-state index in [2.05, 4.69) is 60.9 Å². The SMILES string of the molecule is CCCSc1ccc2nc(C3CCCC3)n(Cc3ccc(C)cc3)c2c1. The fourth-order valence-electron chi connectivity index (χ4n) is 3.97. The Morgan fingerprint density at radius 2 is 1.85 bits per heavy atom. The van der Waals surface area contributed by atoms with Crippen molar-refractivity contribution in [1.82, 2.24) is 9.55 Å². The maximum atomic E-state index is 5.08. The summed E-state index contributed by atoms with van der Waals surface area (Å²) in [4.78, 5) is 6.45. The number of aryl methyl sites for hydroxylation is 1. The van der Waals surface area contributed by atoms with Gasteiger partial charge in [0.15, 0.2) is 0 Å². The second-order valence-corrected chi connectivity index (χ2v) is 8.69. The molecule has 4 rings (SSSR count). The summed E-state index contributed by atoms with van der Waals surface area (Å²) in [6, 6.07) is 15.8. The predicted octanol–water partition coefficient (Wildman–Crippen LogP) is 6.55. The summed E-state index contributed by atoms with van der Waals surface area (Å²) in [5.41, 5.74) is 5.13. The van der Waals surface area contributed by atoms with Crippen LogP contribution in [0.25, 0.3) is 11.0 Å². The van der Waals surface area contributed by atoms with Crippen molar-refractivity contribution in [3.63, 3.8) is 0 Å². The second-order valence-electron chi connectivity index (χ2n) is 7.52. The molecule has 0 amide bonds. The van der Waals surface area contributed by atoms with Gasteiger partial charge in [-0.2, -0.15) is 0 Å². The molecule has 26 heavy (non-hydrogen) atoms. The quantitative estimate of drug-likeness (QED) is 0.461. The number of aromatic nitrogens is 2. The van der Waals surface area contributed by atoms with Gasteiger partial charge in [-0.25, -0.2) is 4.98 Å². The Labute approximate surface area is 161 Å². The molecule has 0 spiro atoms. The molecular formula is C23H28N2S. The van der Waals surface area contributed by atoms with E-state index in [1.54, 1.807) is 0 Å². The highest BCUT2D eigenvalue weighted by atomic mass is 32.2. The van der Waals surface area contributed by atoms with Gasteiger partial charge in [0.2, 0.25) is 0 Å². The topological polar surface area (TPSA) is 17.8 Å². The van der Waals surface area contributed by atoms with Crippen molar-refractivity contribution >= 4 is 22.8 Å². The van der Waals surface area contributed by atoms with E-state index in [1.165, 1.54) is 65.2 Å². The third-order valence-corrected chi connectivity index (χ3v) is 6.60. The smallest absolute Gasteiger partial charge is 0.113 e. The van der Waals surface area contributed by atoms with Crippen LogP contribution in [0.5, 0.6) is 0 Å². The van der Waals surface area contributed by atoms with E-state index >= 15 is 0 Å². The van der Waals surface area contributed by atoms with Crippen LogP contribution in [0.15, 0.2) is 47.4 Å². The Morgan fingerprint density at radius 1 is 1.08 bits per heavy atom. The third-order valence-electron chi connectivity index (χ3n) is 5.40. The highest BCUT2D eigenvalue weighted by molar-refractivity contribution is 7.99. The molecule has 2 aromatic carbocycles. The summed E-state index contributed by atoms with van der Waals surface area (Å²) in [6.45, 7) is 5.31. The molecule has 0 atom stereocenters. The number of fused-ring (bicyclic) bond motifs is 1. The molecular weight excluding hydrogens is 336 g/mol. The van der Waals surface area contributed by atoms with Crippen molar-refractivity contribution in [2.24, 2.45) is 0 Å². The summed E-state index contributed by atoms with van der Waals surface area (Å²) in [7, 11) is 0. The van der Waals surface area contributed by atoms with Crippen molar-refractivity contribution in [3.8, 4) is 0 Å². The minimum Gasteiger partial charge on any atom is -0.323 e. The van der Waals surface area contributed by atoms with E-state index in [-0.39, 0.29) is 0 Å². The summed E-state index contributed by atoms with van der Waals surface area (Å²) in [5.74, 6) is 3.10. The lowest BCUT2D eigenvalue weighted by molar-refractivity contribution is 0.618. The normalized spacial score (nSPS) is 15.2. The van der Waals surface area contributed by atoms with Gasteiger partial charge in [0.05, 0.1) is 11.0 Å². The standard InChI is InChI=1S/C23H28N2S/c1-3-14-26-20-12-13-21-22(15-20)25(16-18-10-8-17(2)9-11-18)23(24-21)19-6-4-5-7-19/h8-13,15,19H,3-7,14,16H2,1-2H3. The molecule has 2 nitrogen and oxygen atoms in total. The molecule has 1 heterocycles. The van der Waals surface area contributed by atoms with E-state index in [4.69, 9.17) is 4.98 Å². The summed E-state index contributed by atoms with van der Waals surface area (Å²) < 4.78 is 2.49. The summed E-state index contributed by atoms with van der Waals surface area (Å²) in [6.07, 6.45) is 6.47. The van der Waals surface area contributed by atoms with Crippen LogP contribution in [0, 0.1) is 6.92 Å². The Balaban J connectivity index is 1.76. The van der Waals surface area contributed by atoms with Crippen LogP contribution in [0.2, 0.25) is 0 Å². The largest absolute Gasteiger partial charge is 0.323 e. The van der Waals surface area contributed by atoms with Gasteiger partial charge in [-0.15, -0.1) is 11.8 Å². The maximum absolute atomic E-state index is 5.08. The zero-order valence-electron chi connectivity index (χ0n) is 15.9. The van der Waals surface area contributed by atoms with Crippen molar-refractivity contribution in [1.29, 1.82) is 0 Å². The van der Waals surface area contributed by atoms with Crippen molar-refractivity contribution in [2.45, 2.75) is 63.3 Å². The van der Waals surface area contributed by atoms with Gasteiger partial charge in [-0.05, 0) is 55.7 Å². The lowest BCUT2D eigenvalue weighted by atomic mass is 10.1. The van der Waals surface area contributed by atoms with Gasteiger partial charge in [-0.1, -0.05) is 49.6 Å². The minimum absolute atomic E-state index is 0.625. The van der Waals surface area contributed by atoms with E-state index in [0.29, 0.717) is 5.92 Å². The molecule has 1 fully saturated rings.